The maximum atomic E-state index is 5.97. The zero-order valence-corrected chi connectivity index (χ0v) is 13.9. The summed E-state index contributed by atoms with van der Waals surface area (Å²) in [5.41, 5.74) is 2.81. The van der Waals surface area contributed by atoms with E-state index in [1.54, 1.807) is 0 Å². The van der Waals surface area contributed by atoms with Crippen LogP contribution in [-0.4, -0.2) is 12.4 Å². The first kappa shape index (κ1) is 16.4. The highest BCUT2D eigenvalue weighted by Crippen LogP contribution is 2.32. The number of hydrogen-bond acceptors (Lipinski definition) is 2. The van der Waals surface area contributed by atoms with Gasteiger partial charge in [0.25, 0.3) is 0 Å². The molecule has 1 aromatic rings. The monoisotopic (exact) mass is 280 g/mol. The first-order valence-electron chi connectivity index (χ1n) is 7.21. The van der Waals surface area contributed by atoms with Gasteiger partial charge in [-0.2, -0.15) is 12.6 Å². The molecule has 0 saturated heterocycles. The van der Waals surface area contributed by atoms with Crippen LogP contribution in [0.2, 0.25) is 0 Å². The minimum Gasteiger partial charge on any atom is -0.493 e. The van der Waals surface area contributed by atoms with E-state index in [0.29, 0.717) is 5.92 Å². The summed E-state index contributed by atoms with van der Waals surface area (Å²) in [4.78, 5) is 0. The highest BCUT2D eigenvalue weighted by Gasteiger charge is 2.19. The van der Waals surface area contributed by atoms with Crippen LogP contribution in [-0.2, 0) is 11.8 Å². The first-order valence-corrected chi connectivity index (χ1v) is 7.85. The van der Waals surface area contributed by atoms with E-state index in [9.17, 15) is 0 Å². The van der Waals surface area contributed by atoms with Crippen molar-refractivity contribution < 1.29 is 4.74 Å². The number of aryl methyl sites for hydroxylation is 1. The van der Waals surface area contributed by atoms with Crippen molar-refractivity contribution in [3.63, 3.8) is 0 Å². The molecule has 0 atom stereocenters. The average molecular weight is 280 g/mol. The van der Waals surface area contributed by atoms with Crippen LogP contribution in [0.15, 0.2) is 18.2 Å². The molecule has 0 heterocycles. The molecule has 2 heteroatoms. The second kappa shape index (κ2) is 7.23. The van der Waals surface area contributed by atoms with Gasteiger partial charge >= 0.3 is 0 Å². The van der Waals surface area contributed by atoms with Crippen molar-refractivity contribution >= 4 is 12.6 Å². The van der Waals surface area contributed by atoms with Crippen molar-refractivity contribution in [2.75, 3.05) is 12.4 Å². The summed E-state index contributed by atoms with van der Waals surface area (Å²) in [7, 11) is 0. The summed E-state index contributed by atoms with van der Waals surface area (Å²) >= 11 is 4.29. The molecule has 0 amide bonds. The normalized spacial score (nSPS) is 11.9. The lowest BCUT2D eigenvalue weighted by Crippen LogP contribution is -2.15. The molecule has 0 radical (unpaired) electrons. The van der Waals surface area contributed by atoms with Crippen molar-refractivity contribution in [2.45, 2.75) is 52.9 Å². The van der Waals surface area contributed by atoms with E-state index in [4.69, 9.17) is 4.74 Å². The van der Waals surface area contributed by atoms with Crippen LogP contribution < -0.4 is 4.74 Å². The number of thiol groups is 1. The fraction of sp³-hybridized carbons (Fsp3) is 0.647. The third kappa shape index (κ3) is 5.48. The van der Waals surface area contributed by atoms with E-state index in [1.165, 1.54) is 11.1 Å². The minimum atomic E-state index is 0.114. The van der Waals surface area contributed by atoms with E-state index < -0.39 is 0 Å². The molecule has 1 nitrogen and oxygen atoms in total. The standard InChI is InChI=1S/C17H28OS/c1-13(2)12-18-16-9-8-14(7-6-10-19)11-15(16)17(3,4)5/h8-9,11,13,19H,6-7,10,12H2,1-5H3. The highest BCUT2D eigenvalue weighted by molar-refractivity contribution is 7.80. The Bertz CT molecular complexity index is 391. The Kier molecular flexibility index (Phi) is 6.25. The summed E-state index contributed by atoms with van der Waals surface area (Å²) in [6.07, 6.45) is 2.22. The molecule has 0 fully saturated rings. The highest BCUT2D eigenvalue weighted by atomic mass is 32.1. The summed E-state index contributed by atoms with van der Waals surface area (Å²) in [6.45, 7) is 11.9. The van der Waals surface area contributed by atoms with Crippen LogP contribution in [0.25, 0.3) is 0 Å². The molecule has 0 aliphatic heterocycles. The SMILES string of the molecule is CC(C)COc1ccc(CCCS)cc1C(C)(C)C. The van der Waals surface area contributed by atoms with Gasteiger partial charge in [-0.3, -0.25) is 0 Å². The fourth-order valence-corrected chi connectivity index (χ4v) is 2.14. The van der Waals surface area contributed by atoms with Gasteiger partial charge in [0.1, 0.15) is 5.75 Å². The van der Waals surface area contributed by atoms with Gasteiger partial charge in [-0.25, -0.2) is 0 Å². The molecule has 0 aromatic heterocycles. The largest absolute Gasteiger partial charge is 0.493 e. The van der Waals surface area contributed by atoms with Crippen LogP contribution in [0.5, 0.6) is 5.75 Å². The van der Waals surface area contributed by atoms with E-state index in [2.05, 4.69) is 65.4 Å². The lowest BCUT2D eigenvalue weighted by atomic mass is 9.85. The van der Waals surface area contributed by atoms with Crippen LogP contribution in [0.1, 0.15) is 52.2 Å². The topological polar surface area (TPSA) is 9.23 Å². The van der Waals surface area contributed by atoms with Gasteiger partial charge in [0.2, 0.25) is 0 Å². The molecule has 1 rings (SSSR count). The molecule has 0 saturated carbocycles. The Balaban J connectivity index is 2.96. The molecular formula is C17H28OS. The average Bonchev–Trinajstić information content (AvgIpc) is 2.33. The summed E-state index contributed by atoms with van der Waals surface area (Å²) < 4.78 is 5.97. The van der Waals surface area contributed by atoms with Crippen molar-refractivity contribution in [1.29, 1.82) is 0 Å². The van der Waals surface area contributed by atoms with Gasteiger partial charge in [-0.05, 0) is 47.1 Å². The number of ether oxygens (including phenoxy) is 1. The predicted octanol–water partition coefficient (Wildman–Crippen LogP) is 4.88. The van der Waals surface area contributed by atoms with Gasteiger partial charge in [-0.1, -0.05) is 46.8 Å². The summed E-state index contributed by atoms with van der Waals surface area (Å²) in [5.74, 6) is 2.53. The maximum absolute atomic E-state index is 5.97. The molecule has 0 aliphatic rings. The van der Waals surface area contributed by atoms with Gasteiger partial charge in [0.05, 0.1) is 6.61 Å². The zero-order valence-electron chi connectivity index (χ0n) is 13.0. The molecule has 0 spiro atoms. The van der Waals surface area contributed by atoms with Gasteiger partial charge in [0.15, 0.2) is 0 Å². The molecule has 0 unspecified atom stereocenters. The number of benzene rings is 1. The van der Waals surface area contributed by atoms with Crippen LogP contribution in [0.4, 0.5) is 0 Å². The van der Waals surface area contributed by atoms with E-state index in [1.807, 2.05) is 0 Å². The van der Waals surface area contributed by atoms with Crippen molar-refractivity contribution in [3.05, 3.63) is 29.3 Å². The first-order chi connectivity index (χ1) is 8.84. The summed E-state index contributed by atoms with van der Waals surface area (Å²) in [5, 5.41) is 0. The fourth-order valence-electron chi connectivity index (χ4n) is 1.98. The van der Waals surface area contributed by atoms with Crippen molar-refractivity contribution in [2.24, 2.45) is 5.92 Å². The third-order valence-corrected chi connectivity index (χ3v) is 3.36. The molecule has 0 aliphatic carbocycles. The van der Waals surface area contributed by atoms with E-state index in [0.717, 1.165) is 31.0 Å². The Morgan fingerprint density at radius 2 is 1.89 bits per heavy atom. The van der Waals surface area contributed by atoms with E-state index in [-0.39, 0.29) is 5.41 Å². The second-order valence-corrected chi connectivity index (χ2v) is 7.06. The molecule has 1 aromatic carbocycles. The maximum Gasteiger partial charge on any atom is 0.123 e. The molecule has 0 N–H and O–H groups in total. The van der Waals surface area contributed by atoms with Crippen molar-refractivity contribution in [1.82, 2.24) is 0 Å². The molecule has 108 valence electrons. The van der Waals surface area contributed by atoms with Crippen LogP contribution in [0.3, 0.4) is 0 Å². The van der Waals surface area contributed by atoms with Crippen molar-refractivity contribution in [3.8, 4) is 5.75 Å². The van der Waals surface area contributed by atoms with Crippen LogP contribution >= 0.6 is 12.6 Å². The molecule has 19 heavy (non-hydrogen) atoms. The third-order valence-electron chi connectivity index (χ3n) is 3.05. The smallest absolute Gasteiger partial charge is 0.123 e. The second-order valence-electron chi connectivity index (χ2n) is 6.61. The number of hydrogen-bond donors (Lipinski definition) is 1. The Morgan fingerprint density at radius 1 is 1.21 bits per heavy atom. The van der Waals surface area contributed by atoms with Crippen LogP contribution in [0, 0.1) is 5.92 Å². The van der Waals surface area contributed by atoms with E-state index >= 15 is 0 Å². The Hall–Kier alpha value is -0.630. The zero-order chi connectivity index (χ0) is 14.5. The Labute approximate surface area is 124 Å². The minimum absolute atomic E-state index is 0.114. The lowest BCUT2D eigenvalue weighted by Gasteiger charge is -2.24. The quantitative estimate of drug-likeness (QED) is 0.731. The lowest BCUT2D eigenvalue weighted by molar-refractivity contribution is 0.265. The molecular weight excluding hydrogens is 252 g/mol. The van der Waals surface area contributed by atoms with Gasteiger partial charge in [-0.15, -0.1) is 0 Å². The predicted molar refractivity (Wildman–Crippen MR) is 87.6 cm³/mol. The number of rotatable bonds is 6. The molecule has 0 bridgehead atoms. The Morgan fingerprint density at radius 3 is 2.42 bits per heavy atom. The van der Waals surface area contributed by atoms with Gasteiger partial charge < -0.3 is 4.74 Å². The summed E-state index contributed by atoms with van der Waals surface area (Å²) in [6, 6.07) is 6.63. The van der Waals surface area contributed by atoms with Gasteiger partial charge in [0, 0.05) is 0 Å².